The number of primary amides is 1. The fourth-order valence-electron chi connectivity index (χ4n) is 2.10. The van der Waals surface area contributed by atoms with Crippen molar-refractivity contribution in [2.24, 2.45) is 5.73 Å². The molecule has 0 aliphatic rings. The van der Waals surface area contributed by atoms with Crippen LogP contribution >= 0.6 is 0 Å². The van der Waals surface area contributed by atoms with Gasteiger partial charge < -0.3 is 20.5 Å². The Balaban J connectivity index is 2.14. The highest BCUT2D eigenvalue weighted by molar-refractivity contribution is 5.75. The lowest BCUT2D eigenvalue weighted by molar-refractivity contribution is -0.119. The van der Waals surface area contributed by atoms with Gasteiger partial charge in [-0.3, -0.25) is 4.79 Å². The maximum absolute atomic E-state index is 10.9. The van der Waals surface area contributed by atoms with Crippen LogP contribution in [0.1, 0.15) is 18.5 Å². The molecule has 2 aromatic rings. The van der Waals surface area contributed by atoms with Crippen LogP contribution in [-0.2, 0) is 4.79 Å². The molecular formula is C17H20N2O3. The molecule has 2 aromatic carbocycles. The number of nitrogens with one attached hydrogen (secondary N) is 1. The van der Waals surface area contributed by atoms with Crippen LogP contribution in [0.25, 0.3) is 0 Å². The molecule has 0 spiro atoms. The minimum Gasteiger partial charge on any atom is -0.493 e. The number of methoxy groups -OCH3 is 1. The third kappa shape index (κ3) is 4.15. The number of amides is 1. The second-order valence-electron chi connectivity index (χ2n) is 4.90. The predicted molar refractivity (Wildman–Crippen MR) is 86.2 cm³/mol. The van der Waals surface area contributed by atoms with Crippen LogP contribution in [-0.4, -0.2) is 19.6 Å². The summed E-state index contributed by atoms with van der Waals surface area (Å²) in [6.07, 6.45) is 0. The molecule has 3 N–H and O–H groups in total. The van der Waals surface area contributed by atoms with Gasteiger partial charge in [-0.2, -0.15) is 0 Å². The number of nitrogens with two attached hydrogens (primary N) is 1. The number of carbonyl (C=O) groups is 1. The Hall–Kier alpha value is -2.69. The van der Waals surface area contributed by atoms with E-state index in [0.717, 1.165) is 5.69 Å². The van der Waals surface area contributed by atoms with Crippen molar-refractivity contribution >= 4 is 11.6 Å². The van der Waals surface area contributed by atoms with E-state index in [2.05, 4.69) is 24.4 Å². The van der Waals surface area contributed by atoms with Crippen molar-refractivity contribution in [3.05, 3.63) is 54.1 Å². The van der Waals surface area contributed by atoms with Crippen LogP contribution in [0.2, 0.25) is 0 Å². The quantitative estimate of drug-likeness (QED) is 0.824. The number of rotatable bonds is 7. The number of ether oxygens (including phenoxy) is 2. The van der Waals surface area contributed by atoms with Crippen molar-refractivity contribution in [1.29, 1.82) is 0 Å². The van der Waals surface area contributed by atoms with Crippen LogP contribution in [0, 0.1) is 0 Å². The van der Waals surface area contributed by atoms with Gasteiger partial charge in [-0.25, -0.2) is 0 Å². The van der Waals surface area contributed by atoms with Crippen LogP contribution in [0.4, 0.5) is 5.69 Å². The maximum atomic E-state index is 10.9. The van der Waals surface area contributed by atoms with E-state index >= 15 is 0 Å². The fraction of sp³-hybridized carbons (Fsp3) is 0.235. The van der Waals surface area contributed by atoms with Crippen LogP contribution in [0.15, 0.2) is 48.5 Å². The maximum Gasteiger partial charge on any atom is 0.255 e. The molecule has 0 heterocycles. The number of hydrogen-bond donors (Lipinski definition) is 2. The van der Waals surface area contributed by atoms with E-state index in [4.69, 9.17) is 15.2 Å². The average Bonchev–Trinajstić information content (AvgIpc) is 2.54. The second-order valence-corrected chi connectivity index (χ2v) is 4.90. The SMILES string of the molecule is COc1ccc(NC(C)c2ccccc2)cc1OCC(N)=O. The molecule has 0 saturated heterocycles. The highest BCUT2D eigenvalue weighted by Crippen LogP contribution is 2.31. The highest BCUT2D eigenvalue weighted by Gasteiger charge is 2.10. The summed E-state index contributed by atoms with van der Waals surface area (Å²) in [6, 6.07) is 15.7. The molecule has 0 radical (unpaired) electrons. The van der Waals surface area contributed by atoms with Crippen LogP contribution < -0.4 is 20.5 Å². The summed E-state index contributed by atoms with van der Waals surface area (Å²) in [7, 11) is 1.55. The first-order chi connectivity index (χ1) is 10.6. The van der Waals surface area contributed by atoms with Gasteiger partial charge >= 0.3 is 0 Å². The molecule has 22 heavy (non-hydrogen) atoms. The Labute approximate surface area is 130 Å². The first-order valence-corrected chi connectivity index (χ1v) is 7.00. The summed E-state index contributed by atoms with van der Waals surface area (Å²) in [6.45, 7) is 1.89. The fourth-order valence-corrected chi connectivity index (χ4v) is 2.10. The Bertz CT molecular complexity index is 629. The first kappa shape index (κ1) is 15.7. The van der Waals surface area contributed by atoms with E-state index in [1.165, 1.54) is 5.56 Å². The highest BCUT2D eigenvalue weighted by atomic mass is 16.5. The molecule has 5 nitrogen and oxygen atoms in total. The van der Waals surface area contributed by atoms with E-state index in [0.29, 0.717) is 11.5 Å². The van der Waals surface area contributed by atoms with E-state index in [1.54, 1.807) is 19.2 Å². The van der Waals surface area contributed by atoms with Gasteiger partial charge in [0, 0.05) is 17.8 Å². The Morgan fingerprint density at radius 3 is 2.55 bits per heavy atom. The largest absolute Gasteiger partial charge is 0.493 e. The van der Waals surface area contributed by atoms with Gasteiger partial charge in [0.25, 0.3) is 5.91 Å². The van der Waals surface area contributed by atoms with E-state index in [-0.39, 0.29) is 12.6 Å². The zero-order valence-corrected chi connectivity index (χ0v) is 12.7. The third-order valence-corrected chi connectivity index (χ3v) is 3.22. The minimum atomic E-state index is -0.530. The van der Waals surface area contributed by atoms with Crippen molar-refractivity contribution in [2.45, 2.75) is 13.0 Å². The number of anilines is 1. The van der Waals surface area contributed by atoms with Crippen LogP contribution in [0.3, 0.4) is 0 Å². The predicted octanol–water partition coefficient (Wildman–Crippen LogP) is 2.73. The van der Waals surface area contributed by atoms with E-state index in [1.807, 2.05) is 24.3 Å². The molecule has 0 fully saturated rings. The number of benzene rings is 2. The lowest BCUT2D eigenvalue weighted by Crippen LogP contribution is -2.20. The van der Waals surface area contributed by atoms with Crippen molar-refractivity contribution in [3.8, 4) is 11.5 Å². The molecule has 1 amide bonds. The zero-order chi connectivity index (χ0) is 15.9. The van der Waals surface area contributed by atoms with Gasteiger partial charge in [0.1, 0.15) is 0 Å². The van der Waals surface area contributed by atoms with Crippen LogP contribution in [0.5, 0.6) is 11.5 Å². The summed E-state index contributed by atoms with van der Waals surface area (Å²) in [5.74, 6) is 0.504. The molecule has 0 aliphatic heterocycles. The summed E-state index contributed by atoms with van der Waals surface area (Å²) in [4.78, 5) is 10.9. The summed E-state index contributed by atoms with van der Waals surface area (Å²) < 4.78 is 10.6. The Morgan fingerprint density at radius 2 is 1.91 bits per heavy atom. The van der Waals surface area contributed by atoms with Crippen molar-refractivity contribution in [2.75, 3.05) is 19.0 Å². The van der Waals surface area contributed by atoms with Gasteiger partial charge in [-0.15, -0.1) is 0 Å². The molecule has 0 aromatic heterocycles. The lowest BCUT2D eigenvalue weighted by atomic mass is 10.1. The van der Waals surface area contributed by atoms with Crippen molar-refractivity contribution < 1.29 is 14.3 Å². The van der Waals surface area contributed by atoms with Gasteiger partial charge in [-0.05, 0) is 24.6 Å². The molecule has 0 aliphatic carbocycles. The summed E-state index contributed by atoms with van der Waals surface area (Å²) in [5, 5.41) is 3.39. The molecule has 0 saturated carbocycles. The molecule has 2 rings (SSSR count). The minimum absolute atomic E-state index is 0.138. The van der Waals surface area contributed by atoms with Gasteiger partial charge in [0.2, 0.25) is 0 Å². The molecular weight excluding hydrogens is 280 g/mol. The van der Waals surface area contributed by atoms with Gasteiger partial charge in [-0.1, -0.05) is 30.3 Å². The second kappa shape index (κ2) is 7.36. The van der Waals surface area contributed by atoms with Gasteiger partial charge in [0.05, 0.1) is 7.11 Å². The summed E-state index contributed by atoms with van der Waals surface area (Å²) >= 11 is 0. The van der Waals surface area contributed by atoms with Crippen molar-refractivity contribution in [3.63, 3.8) is 0 Å². The first-order valence-electron chi connectivity index (χ1n) is 7.00. The Morgan fingerprint density at radius 1 is 1.18 bits per heavy atom. The average molecular weight is 300 g/mol. The topological polar surface area (TPSA) is 73.6 Å². The lowest BCUT2D eigenvalue weighted by Gasteiger charge is -2.17. The number of carbonyl (C=O) groups excluding carboxylic acids is 1. The Kier molecular flexibility index (Phi) is 5.25. The van der Waals surface area contributed by atoms with Gasteiger partial charge in [0.15, 0.2) is 18.1 Å². The molecule has 5 heteroatoms. The van der Waals surface area contributed by atoms with E-state index in [9.17, 15) is 4.79 Å². The third-order valence-electron chi connectivity index (χ3n) is 3.22. The normalized spacial score (nSPS) is 11.5. The summed E-state index contributed by atoms with van der Waals surface area (Å²) in [5.41, 5.74) is 7.16. The smallest absolute Gasteiger partial charge is 0.255 e. The molecule has 0 bridgehead atoms. The standard InChI is InChI=1S/C17H20N2O3/c1-12(13-6-4-3-5-7-13)19-14-8-9-15(21-2)16(10-14)22-11-17(18)20/h3-10,12,19H,11H2,1-2H3,(H2,18,20). The van der Waals surface area contributed by atoms with E-state index < -0.39 is 5.91 Å². The molecule has 1 atom stereocenters. The van der Waals surface area contributed by atoms with Crippen molar-refractivity contribution in [1.82, 2.24) is 0 Å². The zero-order valence-electron chi connectivity index (χ0n) is 12.7. The molecule has 116 valence electrons. The molecule has 1 unspecified atom stereocenters. The monoisotopic (exact) mass is 300 g/mol. The number of hydrogen-bond acceptors (Lipinski definition) is 4.